The lowest BCUT2D eigenvalue weighted by Gasteiger charge is -2.39. The number of fused-ring (bicyclic) bond motifs is 1. The first-order valence-electron chi connectivity index (χ1n) is 8.14. The predicted molar refractivity (Wildman–Crippen MR) is 89.1 cm³/mol. The number of hydrogen-bond donors (Lipinski definition) is 0. The van der Waals surface area contributed by atoms with Gasteiger partial charge in [-0.15, -0.1) is 0 Å². The van der Waals surface area contributed by atoms with E-state index >= 15 is 0 Å². The van der Waals surface area contributed by atoms with Crippen LogP contribution in [0.2, 0.25) is 0 Å². The van der Waals surface area contributed by atoms with Crippen LogP contribution in [-0.2, 0) is 9.47 Å². The van der Waals surface area contributed by atoms with Gasteiger partial charge in [0.2, 0.25) is 0 Å². The molecule has 24 heavy (non-hydrogen) atoms. The first-order chi connectivity index (χ1) is 11.7. The van der Waals surface area contributed by atoms with E-state index in [2.05, 4.69) is 16.0 Å². The standard InChI is InChI=1S/C18H19N3O3/c1-22-14-2-3-15-16(10-14)20-12-13(11-19)17(15)21-6-4-18(5-7-21)23-8-9-24-18/h2-3,10,12H,4-9H2,1H3. The molecule has 124 valence electrons. The Balaban J connectivity index is 1.71. The van der Waals surface area contributed by atoms with E-state index in [9.17, 15) is 5.26 Å². The number of anilines is 1. The molecule has 0 unspecified atom stereocenters. The maximum atomic E-state index is 9.52. The summed E-state index contributed by atoms with van der Waals surface area (Å²) in [6, 6.07) is 8.06. The molecule has 2 fully saturated rings. The molecule has 1 aromatic heterocycles. The molecule has 0 amide bonds. The Morgan fingerprint density at radius 1 is 1.25 bits per heavy atom. The molecule has 2 aliphatic heterocycles. The monoisotopic (exact) mass is 325 g/mol. The van der Waals surface area contributed by atoms with Crippen LogP contribution in [0, 0.1) is 11.3 Å². The average molecular weight is 325 g/mol. The molecule has 6 nitrogen and oxygen atoms in total. The van der Waals surface area contributed by atoms with E-state index in [0.717, 1.165) is 48.3 Å². The van der Waals surface area contributed by atoms with Crippen LogP contribution in [0.3, 0.4) is 0 Å². The summed E-state index contributed by atoms with van der Waals surface area (Å²) in [5.74, 6) is 0.339. The number of ether oxygens (including phenoxy) is 3. The van der Waals surface area contributed by atoms with E-state index < -0.39 is 5.79 Å². The summed E-state index contributed by atoms with van der Waals surface area (Å²) in [6.07, 6.45) is 3.25. The summed E-state index contributed by atoms with van der Waals surface area (Å²) in [5, 5.41) is 10.5. The molecular weight excluding hydrogens is 306 g/mol. The van der Waals surface area contributed by atoms with Gasteiger partial charge in [-0.1, -0.05) is 0 Å². The number of nitriles is 1. The minimum Gasteiger partial charge on any atom is -0.497 e. The third-order valence-electron chi connectivity index (χ3n) is 4.82. The fraction of sp³-hybridized carbons (Fsp3) is 0.444. The van der Waals surface area contributed by atoms with Crippen molar-refractivity contribution in [3.05, 3.63) is 30.0 Å². The Morgan fingerprint density at radius 2 is 2.00 bits per heavy atom. The van der Waals surface area contributed by atoms with Gasteiger partial charge < -0.3 is 19.1 Å². The highest BCUT2D eigenvalue weighted by molar-refractivity contribution is 5.95. The van der Waals surface area contributed by atoms with Crippen molar-refractivity contribution >= 4 is 16.6 Å². The van der Waals surface area contributed by atoms with E-state index in [4.69, 9.17) is 14.2 Å². The number of pyridine rings is 1. The molecule has 0 saturated carbocycles. The molecule has 2 aromatic rings. The van der Waals surface area contributed by atoms with Crippen LogP contribution in [-0.4, -0.2) is 44.2 Å². The molecule has 1 spiro atoms. The second kappa shape index (κ2) is 5.93. The maximum absolute atomic E-state index is 9.52. The Labute approximate surface area is 140 Å². The van der Waals surface area contributed by atoms with Gasteiger partial charge in [-0.05, 0) is 12.1 Å². The summed E-state index contributed by atoms with van der Waals surface area (Å²) in [6.45, 7) is 2.92. The lowest BCUT2D eigenvalue weighted by Crippen LogP contribution is -2.45. The van der Waals surface area contributed by atoms with Gasteiger partial charge in [-0.3, -0.25) is 4.98 Å². The number of hydrogen-bond acceptors (Lipinski definition) is 6. The zero-order valence-electron chi connectivity index (χ0n) is 13.6. The molecule has 0 atom stereocenters. The highest BCUT2D eigenvalue weighted by atomic mass is 16.7. The summed E-state index contributed by atoms with van der Waals surface area (Å²) in [7, 11) is 1.64. The van der Waals surface area contributed by atoms with E-state index in [1.807, 2.05) is 18.2 Å². The van der Waals surface area contributed by atoms with Crippen LogP contribution in [0.25, 0.3) is 10.9 Å². The van der Waals surface area contributed by atoms with Gasteiger partial charge in [-0.25, -0.2) is 0 Å². The number of piperidine rings is 1. The number of rotatable bonds is 2. The van der Waals surface area contributed by atoms with E-state index in [0.29, 0.717) is 18.8 Å². The van der Waals surface area contributed by atoms with E-state index in [-0.39, 0.29) is 0 Å². The molecule has 0 radical (unpaired) electrons. The summed E-state index contributed by atoms with van der Waals surface area (Å²) in [5.41, 5.74) is 2.37. The number of nitrogens with zero attached hydrogens (tertiary/aromatic N) is 3. The van der Waals surface area contributed by atoms with Crippen LogP contribution in [0.1, 0.15) is 18.4 Å². The smallest absolute Gasteiger partial charge is 0.171 e. The second-order valence-corrected chi connectivity index (χ2v) is 6.11. The van der Waals surface area contributed by atoms with Crippen molar-refractivity contribution in [3.8, 4) is 11.8 Å². The van der Waals surface area contributed by atoms with Gasteiger partial charge in [0.25, 0.3) is 0 Å². The van der Waals surface area contributed by atoms with Gasteiger partial charge >= 0.3 is 0 Å². The fourth-order valence-electron chi connectivity index (χ4n) is 3.57. The second-order valence-electron chi connectivity index (χ2n) is 6.11. The van der Waals surface area contributed by atoms with Crippen molar-refractivity contribution in [2.24, 2.45) is 0 Å². The average Bonchev–Trinajstić information content (AvgIpc) is 3.09. The van der Waals surface area contributed by atoms with Crippen molar-refractivity contribution < 1.29 is 14.2 Å². The van der Waals surface area contributed by atoms with Gasteiger partial charge in [0.15, 0.2) is 5.79 Å². The molecular formula is C18H19N3O3. The van der Waals surface area contributed by atoms with Crippen molar-refractivity contribution in [2.45, 2.75) is 18.6 Å². The molecule has 1 aromatic carbocycles. The van der Waals surface area contributed by atoms with Gasteiger partial charge in [-0.2, -0.15) is 5.26 Å². The number of benzene rings is 1. The van der Waals surface area contributed by atoms with E-state index in [1.54, 1.807) is 13.3 Å². The summed E-state index contributed by atoms with van der Waals surface area (Å²) in [4.78, 5) is 6.65. The SMILES string of the molecule is COc1ccc2c(N3CCC4(CC3)OCCO4)c(C#N)cnc2c1. The van der Waals surface area contributed by atoms with Gasteiger partial charge in [0.05, 0.1) is 37.1 Å². The molecule has 0 aliphatic carbocycles. The third-order valence-corrected chi connectivity index (χ3v) is 4.82. The molecule has 4 rings (SSSR count). The molecule has 2 saturated heterocycles. The lowest BCUT2D eigenvalue weighted by molar-refractivity contribution is -0.169. The van der Waals surface area contributed by atoms with Crippen LogP contribution in [0.15, 0.2) is 24.4 Å². The first-order valence-corrected chi connectivity index (χ1v) is 8.14. The van der Waals surface area contributed by atoms with Crippen molar-refractivity contribution in [3.63, 3.8) is 0 Å². The van der Waals surface area contributed by atoms with Crippen molar-refractivity contribution in [1.29, 1.82) is 5.26 Å². The minimum absolute atomic E-state index is 0.421. The number of aromatic nitrogens is 1. The molecule has 6 heteroatoms. The van der Waals surface area contributed by atoms with Crippen LogP contribution in [0.4, 0.5) is 5.69 Å². The van der Waals surface area contributed by atoms with Crippen molar-refractivity contribution in [1.82, 2.24) is 4.98 Å². The molecule has 0 N–H and O–H groups in total. The summed E-state index contributed by atoms with van der Waals surface area (Å²) < 4.78 is 16.9. The lowest BCUT2D eigenvalue weighted by atomic mass is 10.0. The van der Waals surface area contributed by atoms with E-state index in [1.165, 1.54) is 0 Å². The highest BCUT2D eigenvalue weighted by Gasteiger charge is 2.40. The Morgan fingerprint density at radius 3 is 2.67 bits per heavy atom. The largest absolute Gasteiger partial charge is 0.497 e. The van der Waals surface area contributed by atoms with Crippen LogP contribution in [0.5, 0.6) is 5.75 Å². The zero-order chi connectivity index (χ0) is 16.6. The van der Waals surface area contributed by atoms with Gasteiger partial charge in [0.1, 0.15) is 11.8 Å². The Hall–Kier alpha value is -2.36. The topological polar surface area (TPSA) is 67.6 Å². The molecule has 0 bridgehead atoms. The maximum Gasteiger partial charge on any atom is 0.171 e. The Kier molecular flexibility index (Phi) is 3.75. The highest BCUT2D eigenvalue weighted by Crippen LogP contribution is 2.37. The minimum atomic E-state index is -0.421. The van der Waals surface area contributed by atoms with Crippen LogP contribution < -0.4 is 9.64 Å². The normalized spacial score (nSPS) is 19.6. The Bertz CT molecular complexity index is 799. The molecule has 3 heterocycles. The fourth-order valence-corrected chi connectivity index (χ4v) is 3.57. The summed E-state index contributed by atoms with van der Waals surface area (Å²) >= 11 is 0. The first kappa shape index (κ1) is 15.2. The quantitative estimate of drug-likeness (QED) is 0.845. The van der Waals surface area contributed by atoms with Crippen molar-refractivity contribution in [2.75, 3.05) is 38.3 Å². The third kappa shape index (κ3) is 2.46. The van der Waals surface area contributed by atoms with Gasteiger partial charge in [0, 0.05) is 43.6 Å². The predicted octanol–water partition coefficient (Wildman–Crippen LogP) is 2.46. The number of methoxy groups -OCH3 is 1. The molecule has 2 aliphatic rings. The van der Waals surface area contributed by atoms with Crippen LogP contribution >= 0.6 is 0 Å². The zero-order valence-corrected chi connectivity index (χ0v) is 13.6.